The van der Waals surface area contributed by atoms with Gasteiger partial charge in [-0.05, 0) is 31.8 Å². The molecule has 2 atom stereocenters. The van der Waals surface area contributed by atoms with Crippen molar-refractivity contribution in [2.75, 3.05) is 53.4 Å². The van der Waals surface area contributed by atoms with Crippen LogP contribution in [0.5, 0.6) is 17.2 Å². The molecule has 0 bridgehead atoms. The van der Waals surface area contributed by atoms with E-state index in [1.807, 2.05) is 25.1 Å². The third-order valence-corrected chi connectivity index (χ3v) is 5.78. The van der Waals surface area contributed by atoms with Gasteiger partial charge in [-0.3, -0.25) is 9.59 Å². The van der Waals surface area contributed by atoms with Gasteiger partial charge < -0.3 is 29.3 Å². The zero-order chi connectivity index (χ0) is 24.1. The van der Waals surface area contributed by atoms with Crippen molar-refractivity contribution in [2.45, 2.75) is 12.5 Å². The number of likely N-dealkylation sites (N-methyl/N-ethyl adjacent to an activating group) is 1. The van der Waals surface area contributed by atoms with E-state index < -0.39 is 5.92 Å². The lowest BCUT2D eigenvalue weighted by atomic mass is 10.0. The van der Waals surface area contributed by atoms with Gasteiger partial charge >= 0.3 is 0 Å². The summed E-state index contributed by atoms with van der Waals surface area (Å²) in [6, 6.07) is 9.49. The number of hydrogen-bond acceptors (Lipinski definition) is 6. The van der Waals surface area contributed by atoms with Crippen LogP contribution < -0.4 is 24.4 Å². The number of nitrogens with zero attached hydrogens (tertiary/aromatic N) is 2. The summed E-state index contributed by atoms with van der Waals surface area (Å²) in [4.78, 5) is 29.1. The number of carbonyl (C=O) groups is 2. The van der Waals surface area contributed by atoms with Crippen molar-refractivity contribution >= 4 is 17.5 Å². The van der Waals surface area contributed by atoms with Gasteiger partial charge in [-0.2, -0.15) is 0 Å². The number of nitrogens with one attached hydrogen (secondary N) is 1. The highest BCUT2D eigenvalue weighted by Crippen LogP contribution is 2.42. The summed E-state index contributed by atoms with van der Waals surface area (Å²) in [6.07, 6.45) is 0.0924. The summed E-state index contributed by atoms with van der Waals surface area (Å²) in [7, 11) is 8.25. The molecule has 8 nitrogen and oxygen atoms in total. The highest BCUT2D eigenvalue weighted by atomic mass is 19.1. The predicted octanol–water partition coefficient (Wildman–Crippen LogP) is 2.62. The Kier molecular flexibility index (Phi) is 7.75. The number of anilines is 1. The van der Waals surface area contributed by atoms with Gasteiger partial charge in [0.25, 0.3) is 0 Å². The Morgan fingerprint density at radius 1 is 1.15 bits per heavy atom. The maximum absolute atomic E-state index is 13.7. The first-order valence-corrected chi connectivity index (χ1v) is 10.6. The number of amides is 2. The fraction of sp³-hybridized carbons (Fsp3) is 0.417. The van der Waals surface area contributed by atoms with Gasteiger partial charge in [0.15, 0.2) is 11.5 Å². The van der Waals surface area contributed by atoms with Crippen LogP contribution >= 0.6 is 0 Å². The van der Waals surface area contributed by atoms with Gasteiger partial charge in [-0.15, -0.1) is 0 Å². The second-order valence-corrected chi connectivity index (χ2v) is 8.07. The first kappa shape index (κ1) is 24.3. The molecule has 1 fully saturated rings. The van der Waals surface area contributed by atoms with Crippen molar-refractivity contribution in [3.8, 4) is 17.2 Å². The number of methoxy groups -OCH3 is 3. The molecule has 2 amide bonds. The molecule has 33 heavy (non-hydrogen) atoms. The van der Waals surface area contributed by atoms with Gasteiger partial charge in [0.1, 0.15) is 5.82 Å². The topological polar surface area (TPSA) is 80.3 Å². The van der Waals surface area contributed by atoms with E-state index in [4.69, 9.17) is 14.2 Å². The second kappa shape index (κ2) is 10.5. The van der Waals surface area contributed by atoms with E-state index in [1.165, 1.54) is 33.5 Å². The van der Waals surface area contributed by atoms with E-state index in [0.717, 1.165) is 5.56 Å². The van der Waals surface area contributed by atoms with Gasteiger partial charge in [0, 0.05) is 31.6 Å². The highest BCUT2D eigenvalue weighted by Gasteiger charge is 2.36. The molecule has 0 radical (unpaired) electrons. The molecule has 0 aromatic heterocycles. The molecular formula is C24H30FN3O5. The van der Waals surface area contributed by atoms with Crippen LogP contribution in [0.2, 0.25) is 0 Å². The molecule has 1 saturated heterocycles. The molecule has 1 heterocycles. The van der Waals surface area contributed by atoms with E-state index in [1.54, 1.807) is 23.1 Å². The van der Waals surface area contributed by atoms with Crippen LogP contribution in [0, 0.1) is 11.7 Å². The summed E-state index contributed by atoms with van der Waals surface area (Å²) in [5, 5.41) is 2.93. The lowest BCUT2D eigenvalue weighted by Crippen LogP contribution is -2.38. The lowest BCUT2D eigenvalue weighted by molar-refractivity contribution is -0.126. The van der Waals surface area contributed by atoms with Crippen LogP contribution in [-0.2, 0) is 9.59 Å². The number of ether oxygens (including phenoxy) is 3. The standard InChI is InChI=1S/C24H30FN3O5/c1-27(2)19(15-7-6-8-17(25)9-15)13-26-24(30)16-10-22(29)28(14-16)18-11-20(31-3)23(33-5)21(12-18)32-4/h6-9,11-12,16,19H,10,13-14H2,1-5H3,(H,26,30)/t16-,19-/m1/s1. The largest absolute Gasteiger partial charge is 0.493 e. The Morgan fingerprint density at radius 3 is 2.36 bits per heavy atom. The highest BCUT2D eigenvalue weighted by molar-refractivity contribution is 6.00. The smallest absolute Gasteiger partial charge is 0.227 e. The minimum absolute atomic E-state index is 0.0924. The van der Waals surface area contributed by atoms with Gasteiger partial charge in [-0.25, -0.2) is 4.39 Å². The van der Waals surface area contributed by atoms with Crippen LogP contribution in [0.4, 0.5) is 10.1 Å². The molecule has 1 aliphatic heterocycles. The lowest BCUT2D eigenvalue weighted by Gasteiger charge is -2.26. The number of carbonyl (C=O) groups excluding carboxylic acids is 2. The number of rotatable bonds is 9. The molecule has 1 N–H and O–H groups in total. The van der Waals surface area contributed by atoms with E-state index in [0.29, 0.717) is 29.5 Å². The van der Waals surface area contributed by atoms with Gasteiger partial charge in [-0.1, -0.05) is 12.1 Å². The summed E-state index contributed by atoms with van der Waals surface area (Å²) < 4.78 is 29.7. The number of halogens is 1. The van der Waals surface area contributed by atoms with Crippen LogP contribution in [0.1, 0.15) is 18.0 Å². The fourth-order valence-electron chi connectivity index (χ4n) is 4.01. The molecule has 2 aromatic carbocycles. The Morgan fingerprint density at radius 2 is 1.82 bits per heavy atom. The molecule has 0 saturated carbocycles. The molecule has 1 aliphatic rings. The predicted molar refractivity (Wildman–Crippen MR) is 122 cm³/mol. The van der Waals surface area contributed by atoms with Crippen molar-refractivity contribution in [2.24, 2.45) is 5.92 Å². The fourth-order valence-corrected chi connectivity index (χ4v) is 4.01. The average Bonchev–Trinajstić information content (AvgIpc) is 3.19. The third-order valence-electron chi connectivity index (χ3n) is 5.78. The van der Waals surface area contributed by atoms with Crippen molar-refractivity contribution in [1.29, 1.82) is 0 Å². The van der Waals surface area contributed by atoms with E-state index in [9.17, 15) is 14.0 Å². The first-order valence-electron chi connectivity index (χ1n) is 10.6. The van der Waals surface area contributed by atoms with Crippen molar-refractivity contribution in [3.05, 3.63) is 47.8 Å². The Hall–Kier alpha value is -3.33. The summed E-state index contributed by atoms with van der Waals surface area (Å²) in [5.41, 5.74) is 1.33. The quantitative estimate of drug-likeness (QED) is 0.621. The minimum atomic E-state index is -0.507. The molecule has 0 unspecified atom stereocenters. The van der Waals surface area contributed by atoms with E-state index in [-0.39, 0.29) is 36.6 Å². The maximum atomic E-state index is 13.7. The molecule has 9 heteroatoms. The number of benzene rings is 2. The van der Waals surface area contributed by atoms with Crippen molar-refractivity contribution < 1.29 is 28.2 Å². The molecule has 178 valence electrons. The molecule has 2 aromatic rings. The van der Waals surface area contributed by atoms with Gasteiger partial charge in [0.05, 0.1) is 39.0 Å². The third kappa shape index (κ3) is 5.36. The Bertz CT molecular complexity index is 988. The second-order valence-electron chi connectivity index (χ2n) is 8.07. The monoisotopic (exact) mass is 459 g/mol. The average molecular weight is 460 g/mol. The molecule has 3 rings (SSSR count). The molecule has 0 aliphatic carbocycles. The zero-order valence-corrected chi connectivity index (χ0v) is 19.6. The van der Waals surface area contributed by atoms with Crippen LogP contribution in [-0.4, -0.2) is 65.2 Å². The van der Waals surface area contributed by atoms with Crippen LogP contribution in [0.25, 0.3) is 0 Å². The summed E-state index contributed by atoms with van der Waals surface area (Å²) in [6.45, 7) is 0.528. The van der Waals surface area contributed by atoms with E-state index >= 15 is 0 Å². The Labute approximate surface area is 193 Å². The van der Waals surface area contributed by atoms with Crippen molar-refractivity contribution in [1.82, 2.24) is 10.2 Å². The number of hydrogen-bond donors (Lipinski definition) is 1. The molecule has 0 spiro atoms. The van der Waals surface area contributed by atoms with Crippen LogP contribution in [0.15, 0.2) is 36.4 Å². The van der Waals surface area contributed by atoms with Gasteiger partial charge in [0.2, 0.25) is 17.6 Å². The minimum Gasteiger partial charge on any atom is -0.493 e. The summed E-state index contributed by atoms with van der Waals surface area (Å²) in [5.74, 6) is 0.0601. The Balaban J connectivity index is 1.71. The van der Waals surface area contributed by atoms with Crippen LogP contribution in [0.3, 0.4) is 0 Å². The zero-order valence-electron chi connectivity index (χ0n) is 19.6. The van der Waals surface area contributed by atoms with Crippen molar-refractivity contribution in [3.63, 3.8) is 0 Å². The first-order chi connectivity index (χ1) is 15.8. The molecular weight excluding hydrogens is 429 g/mol. The maximum Gasteiger partial charge on any atom is 0.227 e. The SMILES string of the molecule is COc1cc(N2C[C@H](C(=O)NC[C@H](c3cccc(F)c3)N(C)C)CC2=O)cc(OC)c1OC. The normalized spacial score (nSPS) is 16.6. The summed E-state index contributed by atoms with van der Waals surface area (Å²) >= 11 is 0. The van der Waals surface area contributed by atoms with E-state index in [2.05, 4.69) is 5.32 Å².